The van der Waals surface area contributed by atoms with Crippen LogP contribution in [0.5, 0.6) is 0 Å². The lowest BCUT2D eigenvalue weighted by atomic mass is 10.2. The molecule has 1 heterocycles. The van der Waals surface area contributed by atoms with Crippen LogP contribution < -0.4 is 4.72 Å². The molecule has 0 saturated heterocycles. The molecule has 0 unspecified atom stereocenters. The number of rotatable bonds is 7. The van der Waals surface area contributed by atoms with Crippen molar-refractivity contribution in [1.82, 2.24) is 4.98 Å². The van der Waals surface area contributed by atoms with Gasteiger partial charge in [-0.05, 0) is 54.4 Å². The molecular weight excluding hydrogens is 438 g/mol. The van der Waals surface area contributed by atoms with Crippen LogP contribution in [0, 0.1) is 12.7 Å². The lowest BCUT2D eigenvalue weighted by molar-refractivity contribution is 0.104. The van der Waals surface area contributed by atoms with E-state index in [0.29, 0.717) is 16.3 Å². The number of pyridine rings is 1. The van der Waals surface area contributed by atoms with Crippen molar-refractivity contribution in [2.75, 3.05) is 4.72 Å². The van der Waals surface area contributed by atoms with Gasteiger partial charge in [0.2, 0.25) is 0 Å². The Labute approximate surface area is 178 Å². The summed E-state index contributed by atoms with van der Waals surface area (Å²) in [5.74, 6) is -0.176. The second kappa shape index (κ2) is 9.09. The van der Waals surface area contributed by atoms with Crippen LogP contribution >= 0.6 is 23.2 Å². The van der Waals surface area contributed by atoms with Gasteiger partial charge in [-0.25, -0.2) is 17.8 Å². The van der Waals surface area contributed by atoms with Gasteiger partial charge in [0.25, 0.3) is 10.0 Å². The number of nitrogens with zero attached hydrogens (tertiary/aromatic N) is 1. The van der Waals surface area contributed by atoms with E-state index in [1.807, 2.05) is 0 Å². The van der Waals surface area contributed by atoms with Gasteiger partial charge in [-0.2, -0.15) is 0 Å². The van der Waals surface area contributed by atoms with Gasteiger partial charge in [-0.1, -0.05) is 41.4 Å². The number of hydrogen-bond acceptors (Lipinski definition) is 4. The third-order valence-electron chi connectivity index (χ3n) is 3.94. The van der Waals surface area contributed by atoms with E-state index < -0.39 is 10.0 Å². The number of sulfonamides is 1. The third-order valence-corrected chi connectivity index (χ3v) is 6.13. The van der Waals surface area contributed by atoms with Gasteiger partial charge >= 0.3 is 0 Å². The largest absolute Gasteiger partial charge is 0.370 e. The third kappa shape index (κ3) is 5.67. The lowest BCUT2D eigenvalue weighted by Crippen LogP contribution is -2.16. The minimum atomic E-state index is -3.96. The first-order valence-electron chi connectivity index (χ1n) is 8.51. The number of anilines is 1. The molecule has 3 rings (SSSR count). The van der Waals surface area contributed by atoms with E-state index in [1.165, 1.54) is 30.3 Å². The summed E-state index contributed by atoms with van der Waals surface area (Å²) < 4.78 is 46.4. The van der Waals surface area contributed by atoms with Crippen LogP contribution in [0.1, 0.15) is 16.8 Å². The van der Waals surface area contributed by atoms with Crippen molar-refractivity contribution in [3.05, 3.63) is 87.3 Å². The van der Waals surface area contributed by atoms with Crippen molar-refractivity contribution < 1.29 is 17.5 Å². The summed E-state index contributed by atoms with van der Waals surface area (Å²) in [6, 6.07) is 13.8. The average Bonchev–Trinajstić information content (AvgIpc) is 2.62. The normalized spacial score (nSPS) is 11.4. The van der Waals surface area contributed by atoms with Crippen LogP contribution in [0.4, 0.5) is 10.2 Å². The van der Waals surface area contributed by atoms with Crippen LogP contribution in [0.2, 0.25) is 10.0 Å². The van der Waals surface area contributed by atoms with Gasteiger partial charge in [0.05, 0.1) is 23.9 Å². The Kier molecular flexibility index (Phi) is 6.74. The number of aryl methyl sites for hydroxylation is 1. The first-order valence-corrected chi connectivity index (χ1v) is 10.7. The molecule has 0 radical (unpaired) electrons. The number of hydrogen-bond donors (Lipinski definition) is 1. The van der Waals surface area contributed by atoms with E-state index in [1.54, 1.807) is 31.2 Å². The van der Waals surface area contributed by atoms with Crippen molar-refractivity contribution in [3.8, 4) is 0 Å². The molecule has 0 aliphatic rings. The Morgan fingerprint density at radius 2 is 1.79 bits per heavy atom. The summed E-state index contributed by atoms with van der Waals surface area (Å²) in [5.41, 5.74) is 1.77. The maximum atomic E-state index is 12.9. The van der Waals surface area contributed by atoms with E-state index in [0.717, 1.165) is 5.56 Å². The molecular formula is C20H17Cl2FN2O3S. The molecule has 0 spiro atoms. The summed E-state index contributed by atoms with van der Waals surface area (Å²) in [6.45, 7) is 2.05. The molecule has 152 valence electrons. The first kappa shape index (κ1) is 21.5. The van der Waals surface area contributed by atoms with E-state index >= 15 is 0 Å². The molecule has 1 N–H and O–H groups in total. The Bertz CT molecular complexity index is 1100. The fraction of sp³-hybridized carbons (Fsp3) is 0.150. The zero-order valence-corrected chi connectivity index (χ0v) is 17.7. The molecule has 0 bridgehead atoms. The Balaban J connectivity index is 1.70. The number of aromatic nitrogens is 1. The molecule has 1 aromatic heterocycles. The van der Waals surface area contributed by atoms with Crippen molar-refractivity contribution in [2.45, 2.75) is 25.0 Å². The molecule has 2 aromatic carbocycles. The Morgan fingerprint density at radius 1 is 1.07 bits per heavy atom. The molecule has 29 heavy (non-hydrogen) atoms. The highest BCUT2D eigenvalue weighted by atomic mass is 35.5. The maximum absolute atomic E-state index is 12.9. The molecule has 0 atom stereocenters. The lowest BCUT2D eigenvalue weighted by Gasteiger charge is -2.12. The van der Waals surface area contributed by atoms with Gasteiger partial charge < -0.3 is 4.74 Å². The van der Waals surface area contributed by atoms with Crippen molar-refractivity contribution in [3.63, 3.8) is 0 Å². The highest BCUT2D eigenvalue weighted by Gasteiger charge is 2.22. The second-order valence-electron chi connectivity index (χ2n) is 6.27. The standard InChI is InChI=1S/C20H17Cl2FN2O3S/c1-13-9-15(21)10-18(22)20(13)29(26,27)25-19-4-2-3-17(24-19)12-28-11-14-5-7-16(23)8-6-14/h2-10H,11-12H2,1H3,(H,24,25). The smallest absolute Gasteiger partial charge is 0.264 e. The number of halogens is 3. The van der Waals surface area contributed by atoms with Crippen LogP contribution in [0.15, 0.2) is 59.5 Å². The van der Waals surface area contributed by atoms with E-state index in [2.05, 4.69) is 9.71 Å². The first-order chi connectivity index (χ1) is 13.7. The topological polar surface area (TPSA) is 68.3 Å². The molecule has 0 fully saturated rings. The van der Waals surface area contributed by atoms with Gasteiger partial charge in [0.1, 0.15) is 16.5 Å². The maximum Gasteiger partial charge on any atom is 0.264 e. The molecule has 5 nitrogen and oxygen atoms in total. The Hall–Kier alpha value is -2.19. The van der Waals surface area contributed by atoms with Gasteiger partial charge in [-0.15, -0.1) is 0 Å². The second-order valence-corrected chi connectivity index (χ2v) is 8.74. The minimum Gasteiger partial charge on any atom is -0.370 e. The van der Waals surface area contributed by atoms with Crippen LogP contribution in [-0.2, 0) is 28.0 Å². The zero-order valence-electron chi connectivity index (χ0n) is 15.3. The molecule has 0 amide bonds. The number of nitrogens with one attached hydrogen (secondary N) is 1. The van der Waals surface area contributed by atoms with Crippen LogP contribution in [0.3, 0.4) is 0 Å². The number of benzene rings is 2. The average molecular weight is 455 g/mol. The molecule has 0 saturated carbocycles. The Morgan fingerprint density at radius 3 is 2.48 bits per heavy atom. The predicted octanol–water partition coefficient (Wildman–Crippen LogP) is 5.35. The summed E-state index contributed by atoms with van der Waals surface area (Å²) in [7, 11) is -3.96. The van der Waals surface area contributed by atoms with Crippen LogP contribution in [0.25, 0.3) is 0 Å². The summed E-state index contributed by atoms with van der Waals surface area (Å²) in [5, 5.41) is 0.381. The van der Waals surface area contributed by atoms with Gasteiger partial charge in [0.15, 0.2) is 0 Å². The predicted molar refractivity (Wildman–Crippen MR) is 111 cm³/mol. The molecule has 3 aromatic rings. The van der Waals surface area contributed by atoms with E-state index in [-0.39, 0.29) is 34.8 Å². The van der Waals surface area contributed by atoms with Gasteiger partial charge in [-0.3, -0.25) is 4.72 Å². The fourth-order valence-corrected chi connectivity index (χ4v) is 4.88. The quantitative estimate of drug-likeness (QED) is 0.521. The van der Waals surface area contributed by atoms with Crippen molar-refractivity contribution >= 4 is 39.0 Å². The van der Waals surface area contributed by atoms with E-state index in [4.69, 9.17) is 27.9 Å². The summed E-state index contributed by atoms with van der Waals surface area (Å²) in [6.07, 6.45) is 0. The zero-order chi connectivity index (χ0) is 21.0. The van der Waals surface area contributed by atoms with Crippen molar-refractivity contribution in [1.29, 1.82) is 0 Å². The highest BCUT2D eigenvalue weighted by molar-refractivity contribution is 7.92. The minimum absolute atomic E-state index is 0.0290. The van der Waals surface area contributed by atoms with E-state index in [9.17, 15) is 12.8 Å². The van der Waals surface area contributed by atoms with Crippen molar-refractivity contribution in [2.24, 2.45) is 0 Å². The summed E-state index contributed by atoms with van der Waals surface area (Å²) >= 11 is 12.0. The molecule has 0 aliphatic carbocycles. The number of ether oxygens (including phenoxy) is 1. The van der Waals surface area contributed by atoms with Crippen LogP contribution in [-0.4, -0.2) is 13.4 Å². The molecule has 9 heteroatoms. The fourth-order valence-electron chi connectivity index (χ4n) is 2.69. The molecule has 0 aliphatic heterocycles. The SMILES string of the molecule is Cc1cc(Cl)cc(Cl)c1S(=O)(=O)Nc1cccc(COCc2ccc(F)cc2)n1. The highest BCUT2D eigenvalue weighted by Crippen LogP contribution is 2.30. The van der Waals surface area contributed by atoms with Gasteiger partial charge in [0, 0.05) is 5.02 Å². The summed E-state index contributed by atoms with van der Waals surface area (Å²) in [4.78, 5) is 4.21. The monoisotopic (exact) mass is 454 g/mol.